The molecule has 1 aromatic rings. The standard InChI is InChI=1S/C21H24N2O5S/c1-6-10-28-15-9-8-14(11-16(15)26-5)18-17(20(25)27-7-2)12(3)22-21-23(18)19(24)13(4)29-21/h6,8-9,11,13,18H,1,7,10H2,2-5H3. The van der Waals surface area contributed by atoms with E-state index in [9.17, 15) is 9.59 Å². The van der Waals surface area contributed by atoms with Gasteiger partial charge in [0, 0.05) is 0 Å². The van der Waals surface area contributed by atoms with Crippen molar-refractivity contribution in [2.75, 3.05) is 20.3 Å². The van der Waals surface area contributed by atoms with E-state index in [0.717, 1.165) is 0 Å². The summed E-state index contributed by atoms with van der Waals surface area (Å²) in [6.07, 6.45) is 1.64. The Labute approximate surface area is 174 Å². The molecule has 3 rings (SSSR count). The molecule has 0 aliphatic carbocycles. The molecule has 1 fully saturated rings. The number of carbonyl (C=O) groups is 2. The van der Waals surface area contributed by atoms with Gasteiger partial charge in [-0.05, 0) is 38.5 Å². The summed E-state index contributed by atoms with van der Waals surface area (Å²) < 4.78 is 16.4. The first kappa shape index (κ1) is 21.0. The molecule has 2 atom stereocenters. The first-order valence-corrected chi connectivity index (χ1v) is 10.2. The molecule has 154 valence electrons. The van der Waals surface area contributed by atoms with E-state index >= 15 is 0 Å². The zero-order chi connectivity index (χ0) is 21.1. The summed E-state index contributed by atoms with van der Waals surface area (Å²) in [5.74, 6) is 0.469. The fraction of sp³-hybridized carbons (Fsp3) is 0.381. The average molecular weight is 416 g/mol. The van der Waals surface area contributed by atoms with Crippen molar-refractivity contribution in [1.82, 2.24) is 4.90 Å². The quantitative estimate of drug-likeness (QED) is 0.500. The number of carbonyl (C=O) groups excluding carboxylic acids is 2. The zero-order valence-corrected chi connectivity index (χ0v) is 17.7. The van der Waals surface area contributed by atoms with E-state index in [1.54, 1.807) is 44.1 Å². The van der Waals surface area contributed by atoms with Crippen molar-refractivity contribution < 1.29 is 23.8 Å². The van der Waals surface area contributed by atoms with Crippen LogP contribution in [0.15, 0.2) is 47.1 Å². The summed E-state index contributed by atoms with van der Waals surface area (Å²) >= 11 is 1.38. The number of fused-ring (bicyclic) bond motifs is 1. The average Bonchev–Trinajstić information content (AvgIpc) is 2.98. The number of amides is 1. The Morgan fingerprint density at radius 2 is 2.14 bits per heavy atom. The van der Waals surface area contributed by atoms with Gasteiger partial charge in [-0.25, -0.2) is 9.79 Å². The van der Waals surface area contributed by atoms with Gasteiger partial charge in [-0.3, -0.25) is 9.69 Å². The highest BCUT2D eigenvalue weighted by molar-refractivity contribution is 8.15. The molecule has 0 aromatic heterocycles. The van der Waals surface area contributed by atoms with E-state index in [1.165, 1.54) is 11.8 Å². The predicted octanol–water partition coefficient (Wildman–Crippen LogP) is 3.47. The number of thioether (sulfide) groups is 1. The molecule has 2 unspecified atom stereocenters. The third-order valence-corrected chi connectivity index (χ3v) is 5.67. The Kier molecular flexibility index (Phi) is 6.32. The van der Waals surface area contributed by atoms with Crippen LogP contribution in [0.4, 0.5) is 0 Å². The number of benzene rings is 1. The molecule has 8 heteroatoms. The fourth-order valence-corrected chi connectivity index (χ4v) is 4.34. The number of aliphatic imine (C=N–C) groups is 1. The van der Waals surface area contributed by atoms with Crippen molar-refractivity contribution in [3.8, 4) is 11.5 Å². The minimum atomic E-state index is -0.645. The number of rotatable bonds is 7. The molecule has 1 saturated heterocycles. The molecule has 2 aliphatic heterocycles. The normalized spacial score (nSPS) is 20.9. The first-order valence-electron chi connectivity index (χ1n) is 9.30. The first-order chi connectivity index (χ1) is 13.9. The van der Waals surface area contributed by atoms with Gasteiger partial charge >= 0.3 is 5.97 Å². The van der Waals surface area contributed by atoms with Gasteiger partial charge < -0.3 is 14.2 Å². The Morgan fingerprint density at radius 1 is 1.38 bits per heavy atom. The number of ether oxygens (including phenoxy) is 3. The van der Waals surface area contributed by atoms with Gasteiger partial charge in [0.15, 0.2) is 16.7 Å². The number of esters is 1. The lowest BCUT2D eigenvalue weighted by molar-refractivity contribution is -0.139. The van der Waals surface area contributed by atoms with Gasteiger partial charge in [-0.1, -0.05) is 30.5 Å². The van der Waals surface area contributed by atoms with E-state index in [1.807, 2.05) is 13.0 Å². The number of amidine groups is 1. The van der Waals surface area contributed by atoms with E-state index in [0.29, 0.717) is 40.1 Å². The van der Waals surface area contributed by atoms with Crippen molar-refractivity contribution >= 4 is 28.8 Å². The maximum absolute atomic E-state index is 12.9. The van der Waals surface area contributed by atoms with Crippen molar-refractivity contribution in [2.24, 2.45) is 4.99 Å². The van der Waals surface area contributed by atoms with Crippen molar-refractivity contribution in [3.05, 3.63) is 47.7 Å². The van der Waals surface area contributed by atoms with Crippen LogP contribution in [0.5, 0.6) is 11.5 Å². The third kappa shape index (κ3) is 3.89. The summed E-state index contributed by atoms with van der Waals surface area (Å²) in [4.78, 5) is 31.8. The molecule has 0 spiro atoms. The number of allylic oxidation sites excluding steroid dienone is 1. The Morgan fingerprint density at radius 3 is 2.79 bits per heavy atom. The highest BCUT2D eigenvalue weighted by Crippen LogP contribution is 2.44. The number of hydrogen-bond acceptors (Lipinski definition) is 7. The Bertz CT molecular complexity index is 908. The second-order valence-corrected chi connectivity index (χ2v) is 7.80. The molecule has 1 amide bonds. The van der Waals surface area contributed by atoms with E-state index in [2.05, 4.69) is 11.6 Å². The van der Waals surface area contributed by atoms with Crippen LogP contribution in [0, 0.1) is 0 Å². The monoisotopic (exact) mass is 416 g/mol. The van der Waals surface area contributed by atoms with Crippen LogP contribution in [0.1, 0.15) is 32.4 Å². The van der Waals surface area contributed by atoms with Gasteiger partial charge in [-0.15, -0.1) is 0 Å². The lowest BCUT2D eigenvalue weighted by atomic mass is 9.94. The number of methoxy groups -OCH3 is 1. The van der Waals surface area contributed by atoms with Crippen LogP contribution in [0.2, 0.25) is 0 Å². The summed E-state index contributed by atoms with van der Waals surface area (Å²) in [6, 6.07) is 4.72. The molecule has 29 heavy (non-hydrogen) atoms. The van der Waals surface area contributed by atoms with Crippen LogP contribution < -0.4 is 9.47 Å². The highest BCUT2D eigenvalue weighted by atomic mass is 32.2. The Balaban J connectivity index is 2.12. The molecule has 2 aliphatic rings. The maximum Gasteiger partial charge on any atom is 0.338 e. The van der Waals surface area contributed by atoms with E-state index in [4.69, 9.17) is 14.2 Å². The SMILES string of the molecule is C=CCOc1ccc(C2C(C(=O)OCC)=C(C)N=C3SC(C)C(=O)N32)cc1OC. The van der Waals surface area contributed by atoms with Crippen molar-refractivity contribution in [3.63, 3.8) is 0 Å². The lowest BCUT2D eigenvalue weighted by Gasteiger charge is -2.33. The lowest BCUT2D eigenvalue weighted by Crippen LogP contribution is -2.40. The third-order valence-electron chi connectivity index (χ3n) is 4.61. The molecule has 0 bridgehead atoms. The summed E-state index contributed by atoms with van der Waals surface area (Å²) in [5, 5.41) is 0.312. The van der Waals surface area contributed by atoms with Gasteiger partial charge in [0.1, 0.15) is 6.61 Å². The van der Waals surface area contributed by atoms with Crippen LogP contribution in [0.25, 0.3) is 0 Å². The minimum Gasteiger partial charge on any atom is -0.493 e. The fourth-order valence-electron chi connectivity index (χ4n) is 3.31. The Hall–Kier alpha value is -2.74. The molecule has 0 radical (unpaired) electrons. The van der Waals surface area contributed by atoms with Crippen molar-refractivity contribution in [2.45, 2.75) is 32.1 Å². The topological polar surface area (TPSA) is 77.4 Å². The van der Waals surface area contributed by atoms with E-state index < -0.39 is 12.0 Å². The number of nitrogens with zero attached hydrogens (tertiary/aromatic N) is 2. The molecule has 0 N–H and O–H groups in total. The molecule has 7 nitrogen and oxygen atoms in total. The summed E-state index contributed by atoms with van der Waals surface area (Å²) in [5.41, 5.74) is 1.60. The van der Waals surface area contributed by atoms with E-state index in [-0.39, 0.29) is 17.8 Å². The second kappa shape index (κ2) is 8.73. The molecule has 0 saturated carbocycles. The van der Waals surface area contributed by atoms with Crippen LogP contribution >= 0.6 is 11.8 Å². The molecule has 2 heterocycles. The van der Waals surface area contributed by atoms with Gasteiger partial charge in [0.2, 0.25) is 5.91 Å². The van der Waals surface area contributed by atoms with Crippen LogP contribution in [-0.4, -0.2) is 47.5 Å². The zero-order valence-electron chi connectivity index (χ0n) is 16.9. The van der Waals surface area contributed by atoms with Crippen LogP contribution in [-0.2, 0) is 14.3 Å². The van der Waals surface area contributed by atoms with Crippen LogP contribution in [0.3, 0.4) is 0 Å². The minimum absolute atomic E-state index is 0.0981. The van der Waals surface area contributed by atoms with Gasteiger partial charge in [0.05, 0.1) is 36.3 Å². The summed E-state index contributed by atoms with van der Waals surface area (Å²) in [6.45, 7) is 9.55. The van der Waals surface area contributed by atoms with Gasteiger partial charge in [-0.2, -0.15) is 0 Å². The van der Waals surface area contributed by atoms with Gasteiger partial charge in [0.25, 0.3) is 0 Å². The summed E-state index contributed by atoms with van der Waals surface area (Å²) in [7, 11) is 1.54. The predicted molar refractivity (Wildman–Crippen MR) is 112 cm³/mol. The molecular weight excluding hydrogens is 392 g/mol. The largest absolute Gasteiger partial charge is 0.493 e. The smallest absolute Gasteiger partial charge is 0.338 e. The second-order valence-electron chi connectivity index (χ2n) is 6.49. The molecule has 1 aromatic carbocycles. The maximum atomic E-state index is 12.9. The highest BCUT2D eigenvalue weighted by Gasteiger charge is 2.46. The molecular formula is C21H24N2O5S. The number of hydrogen-bond donors (Lipinski definition) is 0. The van der Waals surface area contributed by atoms with Crippen molar-refractivity contribution in [1.29, 1.82) is 0 Å².